The standard InChI is InChI=1S/C12H12N2O/c1-3-5-8(4-2)11-9-6-13-7-10(9)12(15)14-11/h3-5,7,14-15H,1-2,6H2/b8-5+. The number of hydrogen-bond acceptors (Lipinski definition) is 2. The van der Waals surface area contributed by atoms with Crippen LogP contribution < -0.4 is 0 Å². The van der Waals surface area contributed by atoms with Crippen molar-refractivity contribution < 1.29 is 5.11 Å². The molecule has 0 fully saturated rings. The lowest BCUT2D eigenvalue weighted by atomic mass is 10.1. The van der Waals surface area contributed by atoms with Gasteiger partial charge in [-0.2, -0.15) is 0 Å². The molecule has 0 saturated heterocycles. The summed E-state index contributed by atoms with van der Waals surface area (Å²) in [5.74, 6) is 0.165. The highest BCUT2D eigenvalue weighted by Crippen LogP contribution is 2.31. The van der Waals surface area contributed by atoms with Gasteiger partial charge in [0.25, 0.3) is 0 Å². The Bertz CT molecular complexity index is 478. The Kier molecular flexibility index (Phi) is 2.29. The van der Waals surface area contributed by atoms with Gasteiger partial charge in [0.1, 0.15) is 0 Å². The molecule has 1 aromatic rings. The minimum Gasteiger partial charge on any atom is -0.494 e. The van der Waals surface area contributed by atoms with Gasteiger partial charge in [-0.25, -0.2) is 0 Å². The summed E-state index contributed by atoms with van der Waals surface area (Å²) in [4.78, 5) is 7.05. The predicted octanol–water partition coefficient (Wildman–Crippen LogP) is 2.41. The van der Waals surface area contributed by atoms with Crippen LogP contribution in [0.2, 0.25) is 0 Å². The fraction of sp³-hybridized carbons (Fsp3) is 0.0833. The third-order valence-corrected chi connectivity index (χ3v) is 2.40. The van der Waals surface area contributed by atoms with Crippen molar-refractivity contribution in [2.24, 2.45) is 4.99 Å². The van der Waals surface area contributed by atoms with Crippen molar-refractivity contribution >= 4 is 11.8 Å². The van der Waals surface area contributed by atoms with Crippen molar-refractivity contribution in [2.45, 2.75) is 6.54 Å². The van der Waals surface area contributed by atoms with Gasteiger partial charge in [-0.05, 0) is 5.57 Å². The summed E-state index contributed by atoms with van der Waals surface area (Å²) >= 11 is 0. The number of H-pyrrole nitrogens is 1. The minimum atomic E-state index is 0.165. The van der Waals surface area contributed by atoms with Crippen LogP contribution in [0.15, 0.2) is 36.4 Å². The van der Waals surface area contributed by atoms with E-state index in [0.717, 1.165) is 22.4 Å². The average Bonchev–Trinajstić information content (AvgIpc) is 2.80. The van der Waals surface area contributed by atoms with E-state index in [-0.39, 0.29) is 5.88 Å². The van der Waals surface area contributed by atoms with Crippen LogP contribution in [-0.2, 0) is 6.54 Å². The van der Waals surface area contributed by atoms with Crippen molar-refractivity contribution in [3.05, 3.63) is 48.2 Å². The molecule has 1 aliphatic rings. The van der Waals surface area contributed by atoms with E-state index in [9.17, 15) is 5.11 Å². The van der Waals surface area contributed by atoms with Crippen LogP contribution in [0.25, 0.3) is 5.57 Å². The number of nitrogens with one attached hydrogen (secondary N) is 1. The molecule has 3 heteroatoms. The molecule has 76 valence electrons. The first-order valence-corrected chi connectivity index (χ1v) is 4.67. The third kappa shape index (κ3) is 1.42. The van der Waals surface area contributed by atoms with Crippen LogP contribution in [-0.4, -0.2) is 16.3 Å². The molecule has 0 atom stereocenters. The number of nitrogens with zero attached hydrogens (tertiary/aromatic N) is 1. The number of fused-ring (bicyclic) bond motifs is 1. The topological polar surface area (TPSA) is 48.4 Å². The maximum absolute atomic E-state index is 9.63. The van der Waals surface area contributed by atoms with Crippen molar-refractivity contribution in [3.8, 4) is 5.88 Å². The van der Waals surface area contributed by atoms with Crippen LogP contribution in [0.5, 0.6) is 5.88 Å². The second kappa shape index (κ2) is 3.61. The van der Waals surface area contributed by atoms with Gasteiger partial charge < -0.3 is 10.1 Å². The van der Waals surface area contributed by atoms with Gasteiger partial charge in [-0.1, -0.05) is 31.4 Å². The molecular formula is C12H12N2O. The van der Waals surface area contributed by atoms with E-state index in [1.165, 1.54) is 0 Å². The molecule has 2 N–H and O–H groups in total. The van der Waals surface area contributed by atoms with E-state index in [1.54, 1.807) is 18.4 Å². The molecule has 0 aliphatic carbocycles. The van der Waals surface area contributed by atoms with E-state index >= 15 is 0 Å². The Labute approximate surface area is 88.2 Å². The van der Waals surface area contributed by atoms with Gasteiger partial charge in [0.05, 0.1) is 17.8 Å². The average molecular weight is 200 g/mol. The van der Waals surface area contributed by atoms with Crippen LogP contribution >= 0.6 is 0 Å². The lowest BCUT2D eigenvalue weighted by Gasteiger charge is -2.00. The van der Waals surface area contributed by atoms with Crippen molar-refractivity contribution in [3.63, 3.8) is 0 Å². The summed E-state index contributed by atoms with van der Waals surface area (Å²) in [6.07, 6.45) is 6.94. The predicted molar refractivity (Wildman–Crippen MR) is 62.1 cm³/mol. The van der Waals surface area contributed by atoms with E-state index in [1.807, 2.05) is 6.08 Å². The zero-order chi connectivity index (χ0) is 10.8. The monoisotopic (exact) mass is 200 g/mol. The van der Waals surface area contributed by atoms with Crippen molar-refractivity contribution in [2.75, 3.05) is 0 Å². The molecule has 15 heavy (non-hydrogen) atoms. The molecule has 0 radical (unpaired) electrons. The van der Waals surface area contributed by atoms with E-state index < -0.39 is 0 Å². The van der Waals surface area contributed by atoms with Gasteiger partial charge >= 0.3 is 0 Å². The summed E-state index contributed by atoms with van der Waals surface area (Å²) in [5, 5.41) is 9.63. The van der Waals surface area contributed by atoms with Crippen LogP contribution in [0, 0.1) is 0 Å². The zero-order valence-corrected chi connectivity index (χ0v) is 8.33. The largest absolute Gasteiger partial charge is 0.494 e. The molecule has 3 nitrogen and oxygen atoms in total. The molecule has 2 rings (SSSR count). The highest BCUT2D eigenvalue weighted by molar-refractivity contribution is 5.91. The van der Waals surface area contributed by atoms with Gasteiger partial charge in [0.15, 0.2) is 5.88 Å². The Morgan fingerprint density at radius 3 is 3.00 bits per heavy atom. The molecule has 1 aromatic heterocycles. The van der Waals surface area contributed by atoms with Crippen LogP contribution in [0.4, 0.5) is 0 Å². The smallest absolute Gasteiger partial charge is 0.198 e. The van der Waals surface area contributed by atoms with E-state index in [0.29, 0.717) is 6.54 Å². The number of aromatic hydroxyl groups is 1. The first kappa shape index (κ1) is 9.52. The molecule has 2 heterocycles. The number of allylic oxidation sites excluding steroid dienone is 4. The first-order valence-electron chi connectivity index (χ1n) is 4.67. The summed E-state index contributed by atoms with van der Waals surface area (Å²) in [7, 11) is 0. The molecule has 1 aliphatic heterocycles. The Morgan fingerprint density at radius 1 is 1.53 bits per heavy atom. The lowest BCUT2D eigenvalue weighted by Crippen LogP contribution is -1.87. The third-order valence-electron chi connectivity index (χ3n) is 2.40. The molecule has 0 saturated carbocycles. The quantitative estimate of drug-likeness (QED) is 0.723. The number of aliphatic imine (C=N–C) groups is 1. The summed E-state index contributed by atoms with van der Waals surface area (Å²) in [5.41, 5.74) is 3.57. The maximum Gasteiger partial charge on any atom is 0.198 e. The van der Waals surface area contributed by atoms with Gasteiger partial charge in [-0.15, -0.1) is 0 Å². The fourth-order valence-corrected chi connectivity index (χ4v) is 1.70. The van der Waals surface area contributed by atoms with Gasteiger partial charge in [-0.3, -0.25) is 4.99 Å². The second-order valence-electron chi connectivity index (χ2n) is 3.27. The van der Waals surface area contributed by atoms with E-state index in [4.69, 9.17) is 0 Å². The molecule has 0 bridgehead atoms. The summed E-state index contributed by atoms with van der Waals surface area (Å²) in [6, 6.07) is 0. The molecule has 0 amide bonds. The van der Waals surface area contributed by atoms with Crippen molar-refractivity contribution in [1.29, 1.82) is 0 Å². The Hall–Kier alpha value is -2.03. The first-order chi connectivity index (χ1) is 7.27. The molecule has 0 spiro atoms. The maximum atomic E-state index is 9.63. The van der Waals surface area contributed by atoms with Gasteiger partial charge in [0.2, 0.25) is 0 Å². The minimum absolute atomic E-state index is 0.165. The van der Waals surface area contributed by atoms with Crippen LogP contribution in [0.3, 0.4) is 0 Å². The van der Waals surface area contributed by atoms with Crippen LogP contribution in [0.1, 0.15) is 16.8 Å². The number of aromatic amines is 1. The highest BCUT2D eigenvalue weighted by atomic mass is 16.3. The fourth-order valence-electron chi connectivity index (χ4n) is 1.70. The second-order valence-corrected chi connectivity index (χ2v) is 3.27. The number of rotatable bonds is 3. The Balaban J connectivity index is 2.55. The number of hydrogen-bond donors (Lipinski definition) is 2. The summed E-state index contributed by atoms with van der Waals surface area (Å²) < 4.78 is 0. The number of aromatic nitrogens is 1. The molecular weight excluding hydrogens is 188 g/mol. The molecule has 0 aromatic carbocycles. The van der Waals surface area contributed by atoms with Gasteiger partial charge in [0, 0.05) is 11.8 Å². The highest BCUT2D eigenvalue weighted by Gasteiger charge is 2.19. The van der Waals surface area contributed by atoms with Crippen molar-refractivity contribution in [1.82, 2.24) is 4.98 Å². The SMILES string of the molecule is C=C/C=C(\C=C)c1[nH]c(O)c2c1CN=C2. The summed E-state index contributed by atoms with van der Waals surface area (Å²) in [6.45, 7) is 7.98. The lowest BCUT2D eigenvalue weighted by molar-refractivity contribution is 0.456. The zero-order valence-electron chi connectivity index (χ0n) is 8.33. The normalized spacial score (nSPS) is 14.0. The Morgan fingerprint density at radius 2 is 2.33 bits per heavy atom. The van der Waals surface area contributed by atoms with E-state index in [2.05, 4.69) is 23.1 Å². The molecule has 0 unspecified atom stereocenters.